The van der Waals surface area contributed by atoms with Crippen molar-refractivity contribution in [3.63, 3.8) is 0 Å². The fraction of sp³-hybridized carbons (Fsp3) is 0. The summed E-state index contributed by atoms with van der Waals surface area (Å²) < 4.78 is 34.1. The monoisotopic (exact) mass is 950 g/mol. The zero-order valence-corrected chi connectivity index (χ0v) is 40.2. The predicted molar refractivity (Wildman–Crippen MR) is 295 cm³/mol. The summed E-state index contributed by atoms with van der Waals surface area (Å²) in [7, 11) is -6.83. The number of rotatable bonds is 11. The summed E-state index contributed by atoms with van der Waals surface area (Å²) >= 11 is 0. The minimum Gasteiger partial charge on any atom is -0.309 e. The number of aromatic nitrogens is 4. The van der Waals surface area contributed by atoms with E-state index in [4.69, 9.17) is 15.0 Å². The fourth-order valence-electron chi connectivity index (χ4n) is 9.66. The fourth-order valence-corrected chi connectivity index (χ4v) is 15.0. The number of fused-ring (bicyclic) bond motifs is 3. The summed E-state index contributed by atoms with van der Waals surface area (Å²) in [4.78, 5) is 15.8. The minimum atomic E-state index is -3.42. The largest absolute Gasteiger partial charge is 0.309 e. The van der Waals surface area contributed by atoms with E-state index in [9.17, 15) is 0 Å². The Balaban J connectivity index is 1.12. The van der Waals surface area contributed by atoms with E-state index in [0.717, 1.165) is 76.4 Å². The Kier molecular flexibility index (Phi) is 11.3. The van der Waals surface area contributed by atoms with Crippen LogP contribution in [0, 0.1) is 0 Å². The van der Waals surface area contributed by atoms with Gasteiger partial charge in [-0.15, -0.1) is 0 Å². The molecule has 2 aromatic heterocycles. The van der Waals surface area contributed by atoms with Gasteiger partial charge < -0.3 is 9.13 Å². The summed E-state index contributed by atoms with van der Waals surface area (Å²) in [6, 6.07) is 88.2. The lowest BCUT2D eigenvalue weighted by Gasteiger charge is -2.20. The highest BCUT2D eigenvalue weighted by molar-refractivity contribution is 7.85. The summed E-state index contributed by atoms with van der Waals surface area (Å²) in [6.45, 7) is 0. The maximum Gasteiger partial charge on any atom is 0.238 e. The first-order chi connectivity index (χ1) is 34.9. The minimum absolute atomic E-state index is 0.411. The van der Waals surface area contributed by atoms with Crippen LogP contribution >= 0.6 is 14.3 Å². The lowest BCUT2D eigenvalue weighted by atomic mass is 10.0. The quantitative estimate of drug-likeness (QED) is 0.121. The lowest BCUT2D eigenvalue weighted by molar-refractivity contribution is 0.591. The molecule has 0 unspecified atom stereocenters. The Hall–Kier alpha value is -8.53. The predicted octanol–water partition coefficient (Wildman–Crippen LogP) is 12.9. The average molecular weight is 951 g/mol. The molecule has 0 atom stereocenters. The van der Waals surface area contributed by atoms with E-state index in [0.29, 0.717) is 28.2 Å². The van der Waals surface area contributed by atoms with Gasteiger partial charge in [0.15, 0.2) is 25.9 Å². The summed E-state index contributed by atoms with van der Waals surface area (Å²) in [5, 5.41) is 5.92. The topological polar surface area (TPSA) is 77.7 Å². The van der Waals surface area contributed by atoms with Gasteiger partial charge in [-0.05, 0) is 58.7 Å². The van der Waals surface area contributed by atoms with Crippen LogP contribution in [0.15, 0.2) is 267 Å². The Bertz CT molecular complexity index is 3610. The molecule has 0 saturated heterocycles. The first-order valence-corrected chi connectivity index (χ1v) is 27.0. The van der Waals surface area contributed by atoms with Crippen LogP contribution < -0.4 is 31.8 Å². The van der Waals surface area contributed by atoms with Gasteiger partial charge in [-0.25, -0.2) is 4.98 Å². The van der Waals surface area contributed by atoms with Gasteiger partial charge >= 0.3 is 0 Å². The standard InChI is InChI=1S/C63H44N4O2P2/c68-70(51-23-11-3-12-24-51,52-25-13-4-14-26-52)55-39-41-59-57(43-55)58-44-56(71(69,53-27-15-5-16-28-53)54-29-17-6-18-30-54)40-42-60(58)67(59)63-65-61(49-35-31-47(32-36-49)45-19-7-1-8-20-45)64-62(66-63)50-37-33-48(34-38-50)46-21-9-2-10-22-46/h1-44H. The van der Waals surface area contributed by atoms with E-state index in [2.05, 4.69) is 89.5 Å². The van der Waals surface area contributed by atoms with Crippen LogP contribution in [0.25, 0.3) is 72.8 Å². The van der Waals surface area contributed by atoms with E-state index in [1.54, 1.807) is 0 Å². The third-order valence-corrected chi connectivity index (χ3v) is 19.4. The van der Waals surface area contributed by atoms with Crippen molar-refractivity contribution in [2.45, 2.75) is 0 Å². The Morgan fingerprint density at radius 2 is 0.549 bits per heavy atom. The van der Waals surface area contributed by atoms with Crippen LogP contribution in [0.5, 0.6) is 0 Å². The van der Waals surface area contributed by atoms with Crippen molar-refractivity contribution >= 4 is 67.9 Å². The van der Waals surface area contributed by atoms with Gasteiger partial charge in [0.1, 0.15) is 0 Å². The second kappa shape index (κ2) is 18.4. The molecule has 6 nitrogen and oxygen atoms in total. The van der Waals surface area contributed by atoms with Crippen LogP contribution in [0.4, 0.5) is 0 Å². The molecule has 8 heteroatoms. The zero-order valence-electron chi connectivity index (χ0n) is 38.4. The molecule has 10 aromatic carbocycles. The van der Waals surface area contributed by atoms with Crippen LogP contribution in [-0.4, -0.2) is 19.5 Å². The van der Waals surface area contributed by atoms with Gasteiger partial charge in [0.05, 0.1) is 11.0 Å². The van der Waals surface area contributed by atoms with Gasteiger partial charge in [-0.3, -0.25) is 4.57 Å². The van der Waals surface area contributed by atoms with Gasteiger partial charge in [0.2, 0.25) is 5.95 Å². The third kappa shape index (κ3) is 7.94. The average Bonchev–Trinajstić information content (AvgIpc) is 3.79. The van der Waals surface area contributed by atoms with Crippen molar-refractivity contribution in [2.24, 2.45) is 0 Å². The third-order valence-electron chi connectivity index (χ3n) is 13.3. The maximum absolute atomic E-state index is 16.0. The molecule has 0 aliphatic rings. The van der Waals surface area contributed by atoms with Crippen LogP contribution in [0.1, 0.15) is 0 Å². The van der Waals surface area contributed by atoms with Gasteiger partial charge in [0, 0.05) is 53.7 Å². The Labute approximate surface area is 412 Å². The van der Waals surface area contributed by atoms with Crippen molar-refractivity contribution in [3.8, 4) is 51.0 Å². The molecule has 2 heterocycles. The van der Waals surface area contributed by atoms with Gasteiger partial charge in [-0.1, -0.05) is 231 Å². The van der Waals surface area contributed by atoms with Crippen molar-refractivity contribution in [3.05, 3.63) is 267 Å². The molecule has 71 heavy (non-hydrogen) atoms. The molecule has 12 rings (SSSR count). The molecule has 0 amide bonds. The smallest absolute Gasteiger partial charge is 0.238 e. The Morgan fingerprint density at radius 3 is 0.873 bits per heavy atom. The first kappa shape index (κ1) is 43.7. The molecule has 0 fully saturated rings. The molecule has 0 bridgehead atoms. The second-order valence-electron chi connectivity index (χ2n) is 17.5. The van der Waals surface area contributed by atoms with E-state index in [1.807, 2.05) is 182 Å². The highest BCUT2D eigenvalue weighted by Crippen LogP contribution is 2.46. The summed E-state index contributed by atoms with van der Waals surface area (Å²) in [5.74, 6) is 1.43. The number of nitrogens with zero attached hydrogens (tertiary/aromatic N) is 4. The normalized spacial score (nSPS) is 11.8. The number of hydrogen-bond donors (Lipinski definition) is 0. The highest BCUT2D eigenvalue weighted by Gasteiger charge is 2.33. The molecule has 0 aliphatic carbocycles. The maximum atomic E-state index is 16.0. The van der Waals surface area contributed by atoms with Crippen molar-refractivity contribution < 1.29 is 9.13 Å². The van der Waals surface area contributed by atoms with E-state index in [-0.39, 0.29) is 0 Å². The molecule has 12 aromatic rings. The Morgan fingerprint density at radius 1 is 0.268 bits per heavy atom. The van der Waals surface area contributed by atoms with Crippen molar-refractivity contribution in [1.82, 2.24) is 19.5 Å². The molecular weight excluding hydrogens is 907 g/mol. The van der Waals surface area contributed by atoms with E-state index >= 15 is 9.13 Å². The van der Waals surface area contributed by atoms with Gasteiger partial charge in [-0.2, -0.15) is 9.97 Å². The molecule has 0 radical (unpaired) electrons. The van der Waals surface area contributed by atoms with Crippen LogP contribution in [-0.2, 0) is 9.13 Å². The summed E-state index contributed by atoms with van der Waals surface area (Å²) in [5.41, 5.74) is 7.66. The molecular formula is C63H44N4O2P2. The van der Waals surface area contributed by atoms with Crippen molar-refractivity contribution in [2.75, 3.05) is 0 Å². The number of hydrogen-bond acceptors (Lipinski definition) is 5. The lowest BCUT2D eigenvalue weighted by Crippen LogP contribution is -2.25. The van der Waals surface area contributed by atoms with E-state index in [1.165, 1.54) is 0 Å². The zero-order chi connectivity index (χ0) is 47.8. The number of benzene rings is 10. The molecule has 0 N–H and O–H groups in total. The SMILES string of the molecule is O=P(c1ccccc1)(c1ccccc1)c1ccc2c(c1)c1cc(P(=O)(c3ccccc3)c3ccccc3)ccc1n2-c1nc(-c2ccc(-c3ccccc3)cc2)nc(-c2ccc(-c3ccccc3)cc2)n1. The molecule has 0 saturated carbocycles. The van der Waals surface area contributed by atoms with Gasteiger partial charge in [0.25, 0.3) is 0 Å². The molecule has 0 aliphatic heterocycles. The van der Waals surface area contributed by atoms with Crippen LogP contribution in [0.3, 0.4) is 0 Å². The molecule has 0 spiro atoms. The van der Waals surface area contributed by atoms with E-state index < -0.39 is 14.3 Å². The highest BCUT2D eigenvalue weighted by atomic mass is 31.2. The van der Waals surface area contributed by atoms with Crippen LogP contribution in [0.2, 0.25) is 0 Å². The summed E-state index contributed by atoms with van der Waals surface area (Å²) in [6.07, 6.45) is 0. The van der Waals surface area contributed by atoms with Crippen molar-refractivity contribution in [1.29, 1.82) is 0 Å². The second-order valence-corrected chi connectivity index (χ2v) is 23.0. The molecule has 338 valence electrons. The first-order valence-electron chi connectivity index (χ1n) is 23.6.